The zero-order chi connectivity index (χ0) is 20.4. The lowest BCUT2D eigenvalue weighted by Gasteiger charge is -2.33. The number of benzene rings is 2. The first-order valence-corrected chi connectivity index (χ1v) is 9.90. The fraction of sp³-hybridized carbons (Fsp3) is 0.238. The molecule has 5 rings (SSSR count). The van der Waals surface area contributed by atoms with Crippen LogP contribution in [0.25, 0.3) is 0 Å². The highest BCUT2D eigenvalue weighted by Crippen LogP contribution is 2.53. The fourth-order valence-electron chi connectivity index (χ4n) is 4.72. The van der Waals surface area contributed by atoms with E-state index in [0.29, 0.717) is 5.02 Å². The molecule has 0 radical (unpaired) electrons. The van der Waals surface area contributed by atoms with Gasteiger partial charge < -0.3 is 0 Å². The summed E-state index contributed by atoms with van der Waals surface area (Å²) in [6.45, 7) is 1.43. The normalized spacial score (nSPS) is 27.1. The molecule has 8 heteroatoms. The Morgan fingerprint density at radius 2 is 1.76 bits per heavy atom. The van der Waals surface area contributed by atoms with Crippen molar-refractivity contribution in [1.82, 2.24) is 5.01 Å². The lowest BCUT2D eigenvalue weighted by atomic mass is 9.84. The molecule has 3 aliphatic heterocycles. The van der Waals surface area contributed by atoms with Crippen molar-refractivity contribution < 1.29 is 14.4 Å². The smallest absolute Gasteiger partial charge is 0.240 e. The first-order valence-electron chi connectivity index (χ1n) is 9.14. The summed E-state index contributed by atoms with van der Waals surface area (Å²) in [6.07, 6.45) is 1.67. The van der Waals surface area contributed by atoms with Crippen LogP contribution in [0.5, 0.6) is 0 Å². The standard InChI is InChI=1S/C21H15Cl2N3O3/c1-10(27)18-16-17(19-13-5-3-2-4-11(13)9-24-26(18)19)21(29)25(20(16)28)15-7-6-12(22)8-14(15)23/h2-9,16-19H,1H3/t16-,17+,18-,19-/m1/s1. The molecular weight excluding hydrogens is 413 g/mol. The monoisotopic (exact) mass is 427 g/mol. The van der Waals surface area contributed by atoms with Crippen LogP contribution in [-0.2, 0) is 14.4 Å². The quantitative estimate of drug-likeness (QED) is 0.688. The molecule has 0 bridgehead atoms. The molecule has 0 unspecified atom stereocenters. The van der Waals surface area contributed by atoms with E-state index in [4.69, 9.17) is 23.2 Å². The summed E-state index contributed by atoms with van der Waals surface area (Å²) in [4.78, 5) is 40.5. The van der Waals surface area contributed by atoms with Gasteiger partial charge in [-0.25, -0.2) is 4.90 Å². The van der Waals surface area contributed by atoms with Crippen LogP contribution in [0.3, 0.4) is 0 Å². The Labute approximate surface area is 176 Å². The van der Waals surface area contributed by atoms with Crippen LogP contribution >= 0.6 is 23.2 Å². The number of amides is 2. The summed E-state index contributed by atoms with van der Waals surface area (Å²) < 4.78 is 0. The molecule has 6 nitrogen and oxygen atoms in total. The van der Waals surface area contributed by atoms with E-state index >= 15 is 0 Å². The number of nitrogens with zero attached hydrogens (tertiary/aromatic N) is 3. The van der Waals surface area contributed by atoms with E-state index in [-0.39, 0.29) is 22.4 Å². The number of carbonyl (C=O) groups excluding carboxylic acids is 3. The molecule has 2 saturated heterocycles. The number of ketones is 1. The van der Waals surface area contributed by atoms with E-state index in [1.165, 1.54) is 13.0 Å². The molecular formula is C21H15Cl2N3O3. The summed E-state index contributed by atoms with van der Waals surface area (Å²) >= 11 is 12.2. The van der Waals surface area contributed by atoms with Crippen molar-refractivity contribution in [2.75, 3.05) is 4.90 Å². The van der Waals surface area contributed by atoms with Crippen molar-refractivity contribution in [2.24, 2.45) is 16.9 Å². The molecule has 29 heavy (non-hydrogen) atoms. The second-order valence-corrected chi connectivity index (χ2v) is 8.26. The van der Waals surface area contributed by atoms with E-state index in [0.717, 1.165) is 16.0 Å². The molecule has 3 aliphatic rings. The molecule has 2 aromatic carbocycles. The van der Waals surface area contributed by atoms with Gasteiger partial charge in [0.1, 0.15) is 6.04 Å². The van der Waals surface area contributed by atoms with Crippen LogP contribution in [0.1, 0.15) is 24.1 Å². The number of hydrazone groups is 1. The van der Waals surface area contributed by atoms with Gasteiger partial charge in [-0.15, -0.1) is 0 Å². The Morgan fingerprint density at radius 3 is 2.48 bits per heavy atom. The number of hydrogen-bond donors (Lipinski definition) is 0. The van der Waals surface area contributed by atoms with E-state index in [1.54, 1.807) is 23.4 Å². The summed E-state index contributed by atoms with van der Waals surface area (Å²) in [5.74, 6) is -2.56. The van der Waals surface area contributed by atoms with Gasteiger partial charge in [0.25, 0.3) is 0 Å². The van der Waals surface area contributed by atoms with Gasteiger partial charge in [0, 0.05) is 5.02 Å². The highest BCUT2D eigenvalue weighted by Gasteiger charge is 2.64. The summed E-state index contributed by atoms with van der Waals surface area (Å²) in [5, 5.41) is 6.67. The van der Waals surface area contributed by atoms with Gasteiger partial charge >= 0.3 is 0 Å². The number of halogens is 2. The fourth-order valence-corrected chi connectivity index (χ4v) is 5.22. The second kappa shape index (κ2) is 6.40. The number of imide groups is 1. The average Bonchev–Trinajstić information content (AvgIpc) is 3.16. The minimum atomic E-state index is -0.819. The van der Waals surface area contributed by atoms with Gasteiger partial charge in [0.05, 0.1) is 34.8 Å². The third-order valence-corrected chi connectivity index (χ3v) is 6.40. The number of anilines is 1. The Kier molecular flexibility index (Phi) is 4.05. The summed E-state index contributed by atoms with van der Waals surface area (Å²) in [5.41, 5.74) is 2.04. The van der Waals surface area contributed by atoms with E-state index in [1.807, 2.05) is 24.3 Å². The molecule has 146 valence electrons. The second-order valence-electron chi connectivity index (χ2n) is 7.41. The van der Waals surface area contributed by atoms with E-state index in [2.05, 4.69) is 5.10 Å². The topological polar surface area (TPSA) is 70.0 Å². The summed E-state index contributed by atoms with van der Waals surface area (Å²) in [6, 6.07) is 10.9. The molecule has 4 atom stereocenters. The van der Waals surface area contributed by atoms with Crippen molar-refractivity contribution >= 4 is 52.7 Å². The van der Waals surface area contributed by atoms with Crippen LogP contribution in [0, 0.1) is 11.8 Å². The van der Waals surface area contributed by atoms with Gasteiger partial charge in [0.2, 0.25) is 11.8 Å². The first-order chi connectivity index (χ1) is 13.9. The molecule has 0 spiro atoms. The molecule has 2 fully saturated rings. The lowest BCUT2D eigenvalue weighted by molar-refractivity contribution is -0.129. The van der Waals surface area contributed by atoms with Gasteiger partial charge in [0.15, 0.2) is 5.78 Å². The number of hydrogen-bond acceptors (Lipinski definition) is 5. The Balaban J connectivity index is 1.66. The van der Waals surface area contributed by atoms with Gasteiger partial charge in [-0.05, 0) is 36.2 Å². The number of Topliss-reactive ketones (excluding diaryl/α,β-unsaturated/α-hetero) is 1. The van der Waals surface area contributed by atoms with Crippen molar-refractivity contribution in [3.63, 3.8) is 0 Å². The SMILES string of the molecule is CC(=O)[C@@H]1[C@@H]2C(=O)N(c3ccc(Cl)cc3Cl)C(=O)[C@@H]2[C@H]2c3ccccc3C=NN12. The minimum absolute atomic E-state index is 0.204. The predicted molar refractivity (Wildman–Crippen MR) is 109 cm³/mol. The van der Waals surface area contributed by atoms with Gasteiger partial charge in [-0.1, -0.05) is 47.5 Å². The van der Waals surface area contributed by atoms with Crippen molar-refractivity contribution in [3.8, 4) is 0 Å². The zero-order valence-electron chi connectivity index (χ0n) is 15.3. The average molecular weight is 428 g/mol. The third kappa shape index (κ3) is 2.49. The largest absolute Gasteiger partial charge is 0.298 e. The van der Waals surface area contributed by atoms with Crippen LogP contribution in [0.15, 0.2) is 47.6 Å². The maximum Gasteiger partial charge on any atom is 0.240 e. The van der Waals surface area contributed by atoms with Crippen molar-refractivity contribution in [3.05, 3.63) is 63.6 Å². The lowest BCUT2D eigenvalue weighted by Crippen LogP contribution is -2.44. The Bertz CT molecular complexity index is 1120. The van der Waals surface area contributed by atoms with Crippen LogP contribution in [0.2, 0.25) is 10.0 Å². The highest BCUT2D eigenvalue weighted by molar-refractivity contribution is 6.38. The zero-order valence-corrected chi connectivity index (χ0v) is 16.8. The number of carbonyl (C=O) groups is 3. The highest BCUT2D eigenvalue weighted by atomic mass is 35.5. The maximum atomic E-state index is 13.5. The van der Waals surface area contributed by atoms with Gasteiger partial charge in [-0.3, -0.25) is 19.4 Å². The minimum Gasteiger partial charge on any atom is -0.298 e. The molecule has 0 saturated carbocycles. The molecule has 2 aromatic rings. The van der Waals surface area contributed by atoms with Gasteiger partial charge in [-0.2, -0.15) is 5.10 Å². The molecule has 2 amide bonds. The summed E-state index contributed by atoms with van der Waals surface area (Å²) in [7, 11) is 0. The Hall–Kier alpha value is -2.70. The van der Waals surface area contributed by atoms with Crippen molar-refractivity contribution in [1.29, 1.82) is 0 Å². The Morgan fingerprint density at radius 1 is 1.03 bits per heavy atom. The predicted octanol–water partition coefficient (Wildman–Crippen LogP) is 3.46. The molecule has 0 aliphatic carbocycles. The molecule has 0 aromatic heterocycles. The third-order valence-electron chi connectivity index (χ3n) is 5.86. The van der Waals surface area contributed by atoms with Crippen LogP contribution in [0.4, 0.5) is 5.69 Å². The van der Waals surface area contributed by atoms with Crippen molar-refractivity contribution in [2.45, 2.75) is 19.0 Å². The van der Waals surface area contributed by atoms with E-state index in [9.17, 15) is 14.4 Å². The van der Waals surface area contributed by atoms with Crippen LogP contribution in [-0.4, -0.2) is 34.9 Å². The van der Waals surface area contributed by atoms with Crippen LogP contribution < -0.4 is 4.90 Å². The molecule has 0 N–H and O–H groups in total. The first kappa shape index (κ1) is 18.3. The van der Waals surface area contributed by atoms with E-state index < -0.39 is 29.8 Å². The number of rotatable bonds is 2. The molecule has 3 heterocycles. The maximum absolute atomic E-state index is 13.5. The number of fused-ring (bicyclic) bond motifs is 5.